The first kappa shape index (κ1) is 19.9. The van der Waals surface area contributed by atoms with Gasteiger partial charge in [0.1, 0.15) is 0 Å². The van der Waals surface area contributed by atoms with Crippen LogP contribution in [0.2, 0.25) is 0 Å². The molecule has 1 aromatic heterocycles. The molecule has 1 aliphatic heterocycles. The SMILES string of the molecule is CCSc1nnc2c(n1)O[C@@H](c1ccc(C#N)cc1)N(C(C)=O)c1ccc(C)cc1-2. The van der Waals surface area contributed by atoms with Gasteiger partial charge in [0, 0.05) is 18.1 Å². The van der Waals surface area contributed by atoms with Crippen molar-refractivity contribution in [3.63, 3.8) is 0 Å². The molecule has 2 heterocycles. The minimum Gasteiger partial charge on any atom is -0.447 e. The lowest BCUT2D eigenvalue weighted by atomic mass is 10.0. The summed E-state index contributed by atoms with van der Waals surface area (Å²) in [6.45, 7) is 5.48. The molecule has 0 aliphatic carbocycles. The highest BCUT2D eigenvalue weighted by atomic mass is 32.2. The Morgan fingerprint density at radius 1 is 1.23 bits per heavy atom. The van der Waals surface area contributed by atoms with Crippen LogP contribution in [0, 0.1) is 18.3 Å². The molecule has 150 valence electrons. The number of aryl methyl sites for hydroxylation is 1. The molecule has 0 fully saturated rings. The van der Waals surface area contributed by atoms with Gasteiger partial charge in [0.05, 0.1) is 17.3 Å². The first-order chi connectivity index (χ1) is 14.5. The minimum absolute atomic E-state index is 0.182. The summed E-state index contributed by atoms with van der Waals surface area (Å²) in [5.74, 6) is 0.943. The first-order valence-corrected chi connectivity index (χ1v) is 10.5. The quantitative estimate of drug-likeness (QED) is 0.588. The molecule has 0 saturated carbocycles. The molecule has 1 aliphatic rings. The van der Waals surface area contributed by atoms with Crippen molar-refractivity contribution in [2.75, 3.05) is 10.7 Å². The van der Waals surface area contributed by atoms with Gasteiger partial charge in [-0.15, -0.1) is 10.2 Å². The third-order valence-electron chi connectivity index (χ3n) is 4.70. The number of nitriles is 1. The zero-order chi connectivity index (χ0) is 21.3. The van der Waals surface area contributed by atoms with E-state index < -0.39 is 6.23 Å². The van der Waals surface area contributed by atoms with E-state index in [4.69, 9.17) is 10.00 Å². The molecule has 4 rings (SSSR count). The Bertz CT molecular complexity index is 1160. The average molecular weight is 417 g/mol. The number of fused-ring (bicyclic) bond motifs is 3. The van der Waals surface area contributed by atoms with Crippen molar-refractivity contribution in [3.8, 4) is 23.2 Å². The van der Waals surface area contributed by atoms with Crippen LogP contribution in [0.5, 0.6) is 5.88 Å². The maximum Gasteiger partial charge on any atom is 0.247 e. The highest BCUT2D eigenvalue weighted by Gasteiger charge is 2.34. The van der Waals surface area contributed by atoms with Gasteiger partial charge in [0.2, 0.25) is 23.2 Å². The number of aromatic nitrogens is 3. The van der Waals surface area contributed by atoms with E-state index in [-0.39, 0.29) is 5.91 Å². The predicted molar refractivity (Wildman–Crippen MR) is 114 cm³/mol. The smallest absolute Gasteiger partial charge is 0.247 e. The molecule has 30 heavy (non-hydrogen) atoms. The molecule has 0 N–H and O–H groups in total. The van der Waals surface area contributed by atoms with Gasteiger partial charge in [0.25, 0.3) is 0 Å². The number of hydrogen-bond acceptors (Lipinski definition) is 7. The van der Waals surface area contributed by atoms with E-state index in [2.05, 4.69) is 21.3 Å². The third-order valence-corrected chi connectivity index (χ3v) is 5.42. The zero-order valence-electron chi connectivity index (χ0n) is 16.8. The van der Waals surface area contributed by atoms with Gasteiger partial charge < -0.3 is 4.74 Å². The van der Waals surface area contributed by atoms with Gasteiger partial charge in [0.15, 0.2) is 5.69 Å². The molecule has 0 bridgehead atoms. The Morgan fingerprint density at radius 3 is 2.67 bits per heavy atom. The fourth-order valence-corrected chi connectivity index (χ4v) is 3.85. The molecule has 7 nitrogen and oxygen atoms in total. The van der Waals surface area contributed by atoms with Crippen LogP contribution in [0.25, 0.3) is 11.3 Å². The average Bonchev–Trinajstić information content (AvgIpc) is 2.88. The maximum atomic E-state index is 12.8. The monoisotopic (exact) mass is 417 g/mol. The number of hydrogen-bond donors (Lipinski definition) is 0. The zero-order valence-corrected chi connectivity index (χ0v) is 17.6. The largest absolute Gasteiger partial charge is 0.447 e. The van der Waals surface area contributed by atoms with E-state index >= 15 is 0 Å². The summed E-state index contributed by atoms with van der Waals surface area (Å²) in [4.78, 5) is 18.9. The Morgan fingerprint density at radius 2 is 2.00 bits per heavy atom. The van der Waals surface area contributed by atoms with Crippen LogP contribution < -0.4 is 9.64 Å². The number of thioether (sulfide) groups is 1. The molecule has 1 amide bonds. The molecular weight excluding hydrogens is 398 g/mol. The number of rotatable bonds is 3. The summed E-state index contributed by atoms with van der Waals surface area (Å²) in [5, 5.41) is 18.2. The van der Waals surface area contributed by atoms with Gasteiger partial charge in [-0.25, -0.2) is 0 Å². The van der Waals surface area contributed by atoms with E-state index in [1.807, 2.05) is 32.0 Å². The van der Waals surface area contributed by atoms with Gasteiger partial charge in [-0.2, -0.15) is 10.2 Å². The number of ether oxygens (including phenoxy) is 1. The lowest BCUT2D eigenvalue weighted by molar-refractivity contribution is -0.118. The summed E-state index contributed by atoms with van der Waals surface area (Å²) < 4.78 is 6.30. The molecule has 0 spiro atoms. The van der Waals surface area contributed by atoms with E-state index in [9.17, 15) is 4.79 Å². The van der Waals surface area contributed by atoms with Crippen LogP contribution >= 0.6 is 11.8 Å². The van der Waals surface area contributed by atoms with Crippen molar-refractivity contribution in [1.29, 1.82) is 5.26 Å². The second-order valence-corrected chi connectivity index (χ2v) is 8.03. The number of amides is 1. The lowest BCUT2D eigenvalue weighted by Crippen LogP contribution is -2.36. The van der Waals surface area contributed by atoms with Gasteiger partial charge in [-0.1, -0.05) is 42.4 Å². The second kappa shape index (κ2) is 8.13. The van der Waals surface area contributed by atoms with Crippen LogP contribution in [0.15, 0.2) is 47.6 Å². The highest BCUT2D eigenvalue weighted by molar-refractivity contribution is 7.99. The molecule has 3 aromatic rings. The Hall–Kier alpha value is -3.44. The Labute approximate surface area is 178 Å². The third kappa shape index (κ3) is 3.60. The highest BCUT2D eigenvalue weighted by Crippen LogP contribution is 2.43. The summed E-state index contributed by atoms with van der Waals surface area (Å²) in [6, 6.07) is 14.9. The minimum atomic E-state index is -0.755. The van der Waals surface area contributed by atoms with Crippen LogP contribution in [-0.2, 0) is 4.79 Å². The second-order valence-electron chi connectivity index (χ2n) is 6.79. The fraction of sp³-hybridized carbons (Fsp3) is 0.227. The van der Waals surface area contributed by atoms with Crippen LogP contribution in [0.1, 0.15) is 36.8 Å². The van der Waals surface area contributed by atoms with E-state index in [1.165, 1.54) is 18.7 Å². The maximum absolute atomic E-state index is 12.8. The molecule has 1 atom stereocenters. The summed E-state index contributed by atoms with van der Waals surface area (Å²) in [5.41, 5.74) is 4.19. The Kier molecular flexibility index (Phi) is 5.38. The standard InChI is InChI=1S/C22H19N5O2S/c1-4-30-22-24-20-19(25-26-22)17-11-13(2)5-10-18(17)27(14(3)28)21(29-20)16-8-6-15(12-23)7-9-16/h5-11,21H,4H2,1-3H3/t21-/m0/s1. The summed E-state index contributed by atoms with van der Waals surface area (Å²) >= 11 is 1.47. The molecule has 2 aromatic carbocycles. The lowest BCUT2D eigenvalue weighted by Gasteiger charge is -2.30. The van der Waals surface area contributed by atoms with Crippen molar-refractivity contribution in [1.82, 2.24) is 15.2 Å². The topological polar surface area (TPSA) is 92.0 Å². The van der Waals surface area contributed by atoms with Crippen molar-refractivity contribution in [3.05, 3.63) is 59.2 Å². The van der Waals surface area contributed by atoms with Crippen LogP contribution in [0.4, 0.5) is 5.69 Å². The fourth-order valence-electron chi connectivity index (χ4n) is 3.35. The number of anilines is 1. The number of nitrogens with zero attached hydrogens (tertiary/aromatic N) is 5. The molecule has 0 radical (unpaired) electrons. The first-order valence-electron chi connectivity index (χ1n) is 9.47. The van der Waals surface area contributed by atoms with Gasteiger partial charge >= 0.3 is 0 Å². The number of benzene rings is 2. The summed E-state index contributed by atoms with van der Waals surface area (Å²) in [6.07, 6.45) is -0.755. The van der Waals surface area contributed by atoms with Gasteiger partial charge in [-0.3, -0.25) is 9.69 Å². The van der Waals surface area contributed by atoms with Crippen LogP contribution in [-0.4, -0.2) is 26.8 Å². The van der Waals surface area contributed by atoms with E-state index in [1.54, 1.807) is 29.2 Å². The predicted octanol–water partition coefficient (Wildman–Crippen LogP) is 4.27. The van der Waals surface area contributed by atoms with Crippen molar-refractivity contribution in [2.24, 2.45) is 0 Å². The van der Waals surface area contributed by atoms with Crippen molar-refractivity contribution >= 4 is 23.4 Å². The van der Waals surface area contributed by atoms with Gasteiger partial charge in [-0.05, 0) is 36.9 Å². The Balaban J connectivity index is 1.95. The van der Waals surface area contributed by atoms with Crippen molar-refractivity contribution in [2.45, 2.75) is 32.2 Å². The molecule has 0 saturated heterocycles. The molecule has 0 unspecified atom stereocenters. The number of carbonyl (C=O) groups excluding carboxylic acids is 1. The van der Waals surface area contributed by atoms with Crippen molar-refractivity contribution < 1.29 is 9.53 Å². The molecule has 8 heteroatoms. The van der Waals surface area contributed by atoms with E-state index in [0.29, 0.717) is 28.0 Å². The van der Waals surface area contributed by atoms with Crippen LogP contribution in [0.3, 0.4) is 0 Å². The normalized spacial score (nSPS) is 14.7. The molecular formula is C22H19N5O2S. The summed E-state index contributed by atoms with van der Waals surface area (Å²) in [7, 11) is 0. The van der Waals surface area contributed by atoms with E-state index in [0.717, 1.165) is 22.4 Å². The number of carbonyl (C=O) groups is 1.